The van der Waals surface area contributed by atoms with Gasteiger partial charge in [0.2, 0.25) is 5.89 Å². The summed E-state index contributed by atoms with van der Waals surface area (Å²) >= 11 is 0. The maximum absolute atomic E-state index is 7.79. The van der Waals surface area contributed by atoms with E-state index in [1.807, 2.05) is 19.9 Å². The third kappa shape index (κ3) is 2.57. The first-order valence-corrected chi connectivity index (χ1v) is 5.04. The van der Waals surface area contributed by atoms with Crippen molar-refractivity contribution in [3.63, 3.8) is 0 Å². The number of aromatic nitrogens is 1. The number of oxazole rings is 1. The number of allylic oxidation sites excluding steroid dienone is 5. The Labute approximate surface area is 95.7 Å². The fourth-order valence-electron chi connectivity index (χ4n) is 1.65. The Hall–Kier alpha value is -1.90. The highest BCUT2D eigenvalue weighted by molar-refractivity contribution is 6.05. The minimum Gasteiger partial charge on any atom is -0.445 e. The van der Waals surface area contributed by atoms with Crippen LogP contribution in [0.15, 0.2) is 46.8 Å². The van der Waals surface area contributed by atoms with Gasteiger partial charge >= 0.3 is 0 Å². The number of nitrogens with zero attached hydrogens (tertiary/aromatic N) is 1. The smallest absolute Gasteiger partial charge is 0.222 e. The van der Waals surface area contributed by atoms with E-state index in [4.69, 9.17) is 9.83 Å². The fourth-order valence-corrected chi connectivity index (χ4v) is 1.65. The molecule has 0 aliphatic heterocycles. The van der Waals surface area contributed by atoms with Gasteiger partial charge in [0.15, 0.2) is 0 Å². The van der Waals surface area contributed by atoms with Crippen LogP contribution >= 0.6 is 0 Å². The lowest BCUT2D eigenvalue weighted by Gasteiger charge is -2.09. The molecule has 0 saturated heterocycles. The fraction of sp³-hybridized carbons (Fsp3) is 0.231. The van der Waals surface area contributed by atoms with E-state index in [-0.39, 0.29) is 0 Å². The molecule has 0 saturated carbocycles. The average Bonchev–Trinajstić information content (AvgIpc) is 2.70. The molecule has 0 aromatic carbocycles. The van der Waals surface area contributed by atoms with Crippen molar-refractivity contribution in [2.75, 3.05) is 0 Å². The minimum absolute atomic E-state index is 0.492. The SMILES string of the molecule is C=C/C=C(C)\C(C(C)=N)=C(/C)c1ncco1. The van der Waals surface area contributed by atoms with E-state index in [0.29, 0.717) is 11.6 Å². The van der Waals surface area contributed by atoms with Crippen LogP contribution in [-0.2, 0) is 0 Å². The Morgan fingerprint density at radius 3 is 2.56 bits per heavy atom. The van der Waals surface area contributed by atoms with Crippen molar-refractivity contribution in [2.45, 2.75) is 20.8 Å². The lowest BCUT2D eigenvalue weighted by molar-refractivity contribution is 0.541. The second-order valence-electron chi connectivity index (χ2n) is 3.55. The van der Waals surface area contributed by atoms with Gasteiger partial charge in [0, 0.05) is 16.9 Å². The molecule has 1 heterocycles. The third-order valence-electron chi connectivity index (χ3n) is 2.27. The molecule has 1 rings (SSSR count). The van der Waals surface area contributed by atoms with Crippen molar-refractivity contribution >= 4 is 11.3 Å². The molecule has 0 bridgehead atoms. The largest absolute Gasteiger partial charge is 0.445 e. The Bertz CT molecular complexity index is 450. The predicted molar refractivity (Wildman–Crippen MR) is 66.5 cm³/mol. The highest BCUT2D eigenvalue weighted by atomic mass is 16.3. The van der Waals surface area contributed by atoms with E-state index in [1.54, 1.807) is 19.2 Å². The molecule has 3 heteroatoms. The summed E-state index contributed by atoms with van der Waals surface area (Å²) in [6, 6.07) is 0. The van der Waals surface area contributed by atoms with Crippen molar-refractivity contribution in [2.24, 2.45) is 0 Å². The molecule has 0 radical (unpaired) electrons. The van der Waals surface area contributed by atoms with Crippen molar-refractivity contribution in [3.8, 4) is 0 Å². The maximum Gasteiger partial charge on any atom is 0.222 e. The molecular weight excluding hydrogens is 200 g/mol. The second-order valence-corrected chi connectivity index (χ2v) is 3.55. The zero-order valence-electron chi connectivity index (χ0n) is 9.87. The quantitative estimate of drug-likeness (QED) is 0.617. The first kappa shape index (κ1) is 12.2. The molecule has 1 N–H and O–H groups in total. The topological polar surface area (TPSA) is 49.9 Å². The Morgan fingerprint density at radius 1 is 1.44 bits per heavy atom. The molecule has 0 atom stereocenters. The van der Waals surface area contributed by atoms with Gasteiger partial charge in [-0.1, -0.05) is 18.7 Å². The first-order chi connectivity index (χ1) is 7.57. The Morgan fingerprint density at radius 2 is 2.12 bits per heavy atom. The summed E-state index contributed by atoms with van der Waals surface area (Å²) in [6.07, 6.45) is 6.71. The van der Waals surface area contributed by atoms with Gasteiger partial charge in [-0.3, -0.25) is 0 Å². The lowest BCUT2D eigenvalue weighted by atomic mass is 9.97. The summed E-state index contributed by atoms with van der Waals surface area (Å²) in [5, 5.41) is 7.79. The molecule has 1 aromatic rings. The predicted octanol–water partition coefficient (Wildman–Crippen LogP) is 3.62. The van der Waals surface area contributed by atoms with Crippen LogP contribution in [0.4, 0.5) is 0 Å². The Kier molecular flexibility index (Phi) is 4.00. The van der Waals surface area contributed by atoms with Crippen LogP contribution in [0.2, 0.25) is 0 Å². The summed E-state index contributed by atoms with van der Waals surface area (Å²) in [4.78, 5) is 4.09. The molecule has 3 nitrogen and oxygen atoms in total. The number of rotatable bonds is 4. The van der Waals surface area contributed by atoms with Gasteiger partial charge in [-0.2, -0.15) is 0 Å². The maximum atomic E-state index is 7.79. The standard InChI is InChI=1S/C13H16N2O/c1-5-6-9(2)12(11(4)14)10(3)13-15-7-8-16-13/h5-8,14H,1H2,2-4H3/b9-6-,12-10-,14-11?. The molecule has 0 amide bonds. The molecular formula is C13H16N2O. The van der Waals surface area contributed by atoms with Gasteiger partial charge in [0.25, 0.3) is 0 Å². The van der Waals surface area contributed by atoms with E-state index in [0.717, 1.165) is 16.7 Å². The van der Waals surface area contributed by atoms with Gasteiger partial charge in [-0.05, 0) is 26.3 Å². The molecule has 0 aliphatic carbocycles. The lowest BCUT2D eigenvalue weighted by Crippen LogP contribution is -2.01. The molecule has 84 valence electrons. The van der Waals surface area contributed by atoms with Gasteiger partial charge in [0.05, 0.1) is 6.20 Å². The third-order valence-corrected chi connectivity index (χ3v) is 2.27. The zero-order valence-corrected chi connectivity index (χ0v) is 9.87. The summed E-state index contributed by atoms with van der Waals surface area (Å²) in [7, 11) is 0. The van der Waals surface area contributed by atoms with Crippen LogP contribution in [0.1, 0.15) is 26.7 Å². The monoisotopic (exact) mass is 216 g/mol. The van der Waals surface area contributed by atoms with Gasteiger partial charge in [-0.25, -0.2) is 4.98 Å². The average molecular weight is 216 g/mol. The van der Waals surface area contributed by atoms with Crippen LogP contribution in [0.5, 0.6) is 0 Å². The van der Waals surface area contributed by atoms with Crippen molar-refractivity contribution in [1.82, 2.24) is 4.98 Å². The number of nitrogens with one attached hydrogen (secondary N) is 1. The van der Waals surface area contributed by atoms with Crippen molar-refractivity contribution < 1.29 is 4.42 Å². The van der Waals surface area contributed by atoms with E-state index < -0.39 is 0 Å². The van der Waals surface area contributed by atoms with Crippen molar-refractivity contribution in [3.05, 3.63) is 48.2 Å². The Balaban J connectivity index is 3.31. The summed E-state index contributed by atoms with van der Waals surface area (Å²) < 4.78 is 5.24. The van der Waals surface area contributed by atoms with Crippen LogP contribution in [0, 0.1) is 5.41 Å². The van der Waals surface area contributed by atoms with E-state index in [2.05, 4.69) is 11.6 Å². The molecule has 0 spiro atoms. The normalized spacial score (nSPS) is 13.3. The minimum atomic E-state index is 0.492. The number of hydrogen-bond donors (Lipinski definition) is 1. The van der Waals surface area contributed by atoms with E-state index in [1.165, 1.54) is 6.26 Å². The van der Waals surface area contributed by atoms with Gasteiger partial charge < -0.3 is 9.83 Å². The van der Waals surface area contributed by atoms with Crippen LogP contribution < -0.4 is 0 Å². The highest BCUT2D eigenvalue weighted by Crippen LogP contribution is 2.23. The van der Waals surface area contributed by atoms with Crippen LogP contribution in [0.3, 0.4) is 0 Å². The summed E-state index contributed by atoms with van der Waals surface area (Å²) in [5.74, 6) is 0.554. The van der Waals surface area contributed by atoms with Gasteiger partial charge in [-0.15, -0.1) is 0 Å². The summed E-state index contributed by atoms with van der Waals surface area (Å²) in [5.41, 5.74) is 3.19. The van der Waals surface area contributed by atoms with E-state index in [9.17, 15) is 0 Å². The van der Waals surface area contributed by atoms with E-state index >= 15 is 0 Å². The molecule has 0 fully saturated rings. The second kappa shape index (κ2) is 5.26. The summed E-state index contributed by atoms with van der Waals surface area (Å²) in [6.45, 7) is 9.26. The van der Waals surface area contributed by atoms with Gasteiger partial charge in [0.1, 0.15) is 6.26 Å². The molecule has 0 unspecified atom stereocenters. The number of hydrogen-bond acceptors (Lipinski definition) is 3. The molecule has 1 aromatic heterocycles. The highest BCUT2D eigenvalue weighted by Gasteiger charge is 2.11. The van der Waals surface area contributed by atoms with Crippen LogP contribution in [0.25, 0.3) is 5.57 Å². The first-order valence-electron chi connectivity index (χ1n) is 5.04. The molecule has 0 aliphatic rings. The van der Waals surface area contributed by atoms with Crippen LogP contribution in [-0.4, -0.2) is 10.7 Å². The molecule has 16 heavy (non-hydrogen) atoms. The zero-order chi connectivity index (χ0) is 12.1. The van der Waals surface area contributed by atoms with Crippen molar-refractivity contribution in [1.29, 1.82) is 5.41 Å².